The zero-order valence-electron chi connectivity index (χ0n) is 19.4. The molecular formula is C23H29FN6O3. The Morgan fingerprint density at radius 1 is 1.27 bits per heavy atom. The molecule has 1 aliphatic heterocycles. The number of ether oxygens (including phenoxy) is 1. The Bertz CT molecular complexity index is 1050. The number of nitrogens with zero attached hydrogens (tertiary/aromatic N) is 4. The van der Waals surface area contributed by atoms with E-state index in [1.165, 1.54) is 24.3 Å². The second kappa shape index (κ2) is 8.84. The van der Waals surface area contributed by atoms with Crippen LogP contribution in [0.1, 0.15) is 32.4 Å². The van der Waals surface area contributed by atoms with Crippen LogP contribution in [0.25, 0.3) is 0 Å². The van der Waals surface area contributed by atoms with Gasteiger partial charge in [0, 0.05) is 26.2 Å². The summed E-state index contributed by atoms with van der Waals surface area (Å²) in [4.78, 5) is 37.5. The van der Waals surface area contributed by atoms with Gasteiger partial charge in [0.2, 0.25) is 11.9 Å². The standard InChI is InChI=1S/C23H29FN6O3/c1-12(2)19-21(31)27-18-13(3)25-22(28-20(18)30(19)5)26-15-10-16(11-15)29(4)23(32)33-17-8-6-14(24)7-9-17/h6-9,12,15-16,19H,10-11H2,1-5H3,(H,27,31)(H,25,26,28)/t15-,16-,19-/m0/s1. The van der Waals surface area contributed by atoms with Crippen LogP contribution in [0.2, 0.25) is 0 Å². The van der Waals surface area contributed by atoms with E-state index in [4.69, 9.17) is 4.74 Å². The van der Waals surface area contributed by atoms with Gasteiger partial charge in [-0.05, 0) is 49.9 Å². The maximum Gasteiger partial charge on any atom is 0.415 e. The van der Waals surface area contributed by atoms with Crippen LogP contribution in [0.15, 0.2) is 24.3 Å². The molecule has 1 atom stereocenters. The van der Waals surface area contributed by atoms with Crippen molar-refractivity contribution >= 4 is 29.5 Å². The molecule has 0 radical (unpaired) electrons. The summed E-state index contributed by atoms with van der Waals surface area (Å²) in [6.07, 6.45) is 0.953. The van der Waals surface area contributed by atoms with Crippen LogP contribution in [0.3, 0.4) is 0 Å². The zero-order chi connectivity index (χ0) is 23.9. The Kier molecular flexibility index (Phi) is 6.09. The van der Waals surface area contributed by atoms with Crippen molar-refractivity contribution in [1.82, 2.24) is 14.9 Å². The third kappa shape index (κ3) is 4.55. The Hall–Kier alpha value is -3.43. The average molecular weight is 457 g/mol. The van der Waals surface area contributed by atoms with Crippen LogP contribution in [0, 0.1) is 18.7 Å². The first kappa shape index (κ1) is 22.8. The van der Waals surface area contributed by atoms with E-state index in [9.17, 15) is 14.0 Å². The highest BCUT2D eigenvalue weighted by atomic mass is 19.1. The number of anilines is 3. The molecule has 2 aromatic rings. The molecule has 9 nitrogen and oxygen atoms in total. The van der Waals surface area contributed by atoms with Crippen molar-refractivity contribution in [3.63, 3.8) is 0 Å². The molecule has 1 fully saturated rings. The largest absolute Gasteiger partial charge is 0.415 e. The van der Waals surface area contributed by atoms with Crippen molar-refractivity contribution < 1.29 is 18.7 Å². The monoisotopic (exact) mass is 456 g/mol. The first-order valence-corrected chi connectivity index (χ1v) is 11.0. The summed E-state index contributed by atoms with van der Waals surface area (Å²) in [5.41, 5.74) is 1.33. The van der Waals surface area contributed by atoms with E-state index in [0.29, 0.717) is 28.9 Å². The number of amides is 2. The molecule has 0 bridgehead atoms. The third-order valence-electron chi connectivity index (χ3n) is 6.27. The molecule has 0 unspecified atom stereocenters. The van der Waals surface area contributed by atoms with Crippen molar-refractivity contribution in [2.75, 3.05) is 29.6 Å². The van der Waals surface area contributed by atoms with Gasteiger partial charge in [-0.2, -0.15) is 4.98 Å². The summed E-state index contributed by atoms with van der Waals surface area (Å²) >= 11 is 0. The van der Waals surface area contributed by atoms with Gasteiger partial charge in [-0.3, -0.25) is 4.79 Å². The van der Waals surface area contributed by atoms with Gasteiger partial charge in [0.15, 0.2) is 5.82 Å². The smallest absolute Gasteiger partial charge is 0.410 e. The molecule has 0 saturated heterocycles. The number of aromatic nitrogens is 2. The highest BCUT2D eigenvalue weighted by molar-refractivity contribution is 6.03. The highest BCUT2D eigenvalue weighted by Gasteiger charge is 2.37. The summed E-state index contributed by atoms with van der Waals surface area (Å²) in [5, 5.41) is 6.29. The summed E-state index contributed by atoms with van der Waals surface area (Å²) in [6.45, 7) is 5.86. The number of benzene rings is 1. The van der Waals surface area contributed by atoms with E-state index >= 15 is 0 Å². The lowest BCUT2D eigenvalue weighted by Crippen LogP contribution is -2.51. The maximum absolute atomic E-state index is 13.0. The lowest BCUT2D eigenvalue weighted by molar-refractivity contribution is -0.118. The van der Waals surface area contributed by atoms with Crippen molar-refractivity contribution in [2.45, 2.75) is 51.7 Å². The number of hydrogen-bond donors (Lipinski definition) is 2. The van der Waals surface area contributed by atoms with Crippen LogP contribution in [-0.4, -0.2) is 59.1 Å². The zero-order valence-corrected chi connectivity index (χ0v) is 19.4. The Balaban J connectivity index is 1.37. The summed E-state index contributed by atoms with van der Waals surface area (Å²) in [5.74, 6) is 1.19. The van der Waals surface area contributed by atoms with Gasteiger partial charge in [0.05, 0.1) is 5.69 Å². The van der Waals surface area contributed by atoms with Gasteiger partial charge in [0.1, 0.15) is 23.3 Å². The van der Waals surface area contributed by atoms with E-state index in [0.717, 1.165) is 12.8 Å². The number of likely N-dealkylation sites (N-methyl/N-ethyl adjacent to an activating group) is 1. The number of nitrogens with one attached hydrogen (secondary N) is 2. The molecule has 176 valence electrons. The number of carbonyl (C=O) groups excluding carboxylic acids is 2. The van der Waals surface area contributed by atoms with Gasteiger partial charge >= 0.3 is 6.09 Å². The van der Waals surface area contributed by atoms with Crippen molar-refractivity contribution in [1.29, 1.82) is 0 Å². The fourth-order valence-electron chi connectivity index (χ4n) is 4.31. The van der Waals surface area contributed by atoms with Crippen LogP contribution < -0.4 is 20.3 Å². The fraction of sp³-hybridized carbons (Fsp3) is 0.478. The highest BCUT2D eigenvalue weighted by Crippen LogP contribution is 2.35. The minimum Gasteiger partial charge on any atom is -0.410 e. The van der Waals surface area contributed by atoms with Gasteiger partial charge in [-0.25, -0.2) is 14.2 Å². The molecule has 2 heterocycles. The van der Waals surface area contributed by atoms with Crippen LogP contribution >= 0.6 is 0 Å². The Morgan fingerprint density at radius 3 is 2.58 bits per heavy atom. The first-order chi connectivity index (χ1) is 15.6. The molecule has 10 heteroatoms. The minimum absolute atomic E-state index is 0.0152. The quantitative estimate of drug-likeness (QED) is 0.711. The minimum atomic E-state index is -0.483. The normalized spacial score (nSPS) is 21.7. The first-order valence-electron chi connectivity index (χ1n) is 11.0. The predicted molar refractivity (Wildman–Crippen MR) is 123 cm³/mol. The van der Waals surface area contributed by atoms with Crippen molar-refractivity contribution in [3.05, 3.63) is 35.8 Å². The van der Waals surface area contributed by atoms with Crippen LogP contribution in [0.5, 0.6) is 5.75 Å². The molecule has 33 heavy (non-hydrogen) atoms. The predicted octanol–water partition coefficient (Wildman–Crippen LogP) is 3.41. The van der Waals surface area contributed by atoms with Gasteiger partial charge in [-0.1, -0.05) is 13.8 Å². The number of fused-ring (bicyclic) bond motifs is 1. The maximum atomic E-state index is 13.0. The molecule has 2 amide bonds. The molecule has 0 spiro atoms. The second-order valence-electron chi connectivity index (χ2n) is 9.02. The fourth-order valence-corrected chi connectivity index (χ4v) is 4.31. The van der Waals surface area contributed by atoms with Crippen LogP contribution in [0.4, 0.5) is 26.6 Å². The molecule has 1 aromatic carbocycles. The molecule has 4 rings (SSSR count). The van der Waals surface area contributed by atoms with Crippen molar-refractivity contribution in [2.24, 2.45) is 5.92 Å². The number of carbonyl (C=O) groups is 2. The summed E-state index contributed by atoms with van der Waals surface area (Å²) < 4.78 is 18.3. The number of rotatable bonds is 5. The number of halogens is 1. The van der Waals surface area contributed by atoms with E-state index in [2.05, 4.69) is 20.6 Å². The Labute approximate surface area is 192 Å². The van der Waals surface area contributed by atoms with Gasteiger partial charge in [0.25, 0.3) is 0 Å². The van der Waals surface area contributed by atoms with Gasteiger partial charge < -0.3 is 25.2 Å². The lowest BCUT2D eigenvalue weighted by atomic mass is 9.86. The summed E-state index contributed by atoms with van der Waals surface area (Å²) in [7, 11) is 3.56. The van der Waals surface area contributed by atoms with E-state index in [1.54, 1.807) is 11.9 Å². The molecule has 1 aliphatic carbocycles. The lowest BCUT2D eigenvalue weighted by Gasteiger charge is -2.41. The topological polar surface area (TPSA) is 99.7 Å². The van der Waals surface area contributed by atoms with Gasteiger partial charge in [-0.15, -0.1) is 0 Å². The number of aryl methyl sites for hydroxylation is 1. The molecule has 1 aromatic heterocycles. The molecular weight excluding hydrogens is 427 g/mol. The second-order valence-corrected chi connectivity index (χ2v) is 9.02. The third-order valence-corrected chi connectivity index (χ3v) is 6.27. The Morgan fingerprint density at radius 2 is 1.94 bits per heavy atom. The average Bonchev–Trinajstić information content (AvgIpc) is 2.72. The number of hydrogen-bond acceptors (Lipinski definition) is 7. The molecule has 2 aliphatic rings. The van der Waals surface area contributed by atoms with E-state index in [-0.39, 0.29) is 35.8 Å². The van der Waals surface area contributed by atoms with E-state index < -0.39 is 6.09 Å². The SMILES string of the molecule is Cc1nc(N[C@H]2C[C@H](N(C)C(=O)Oc3ccc(F)cc3)C2)nc2c1NC(=O)[C@H](C(C)C)N2C. The summed E-state index contributed by atoms with van der Waals surface area (Å²) in [6, 6.07) is 5.17. The van der Waals surface area contributed by atoms with Crippen LogP contribution in [-0.2, 0) is 4.79 Å². The molecule has 2 N–H and O–H groups in total. The molecule has 1 saturated carbocycles. The van der Waals surface area contributed by atoms with E-state index in [1.807, 2.05) is 32.7 Å². The van der Waals surface area contributed by atoms with Crippen molar-refractivity contribution in [3.8, 4) is 5.75 Å².